The monoisotopic (exact) mass is 339 g/mol. The van der Waals surface area contributed by atoms with E-state index in [1.807, 2.05) is 0 Å². The first-order valence-electron chi connectivity index (χ1n) is 6.90. The summed E-state index contributed by atoms with van der Waals surface area (Å²) < 4.78 is 61.0. The first-order chi connectivity index (χ1) is 11.4. The smallest absolute Gasteiger partial charge is 0.221 e. The molecule has 2 aromatic carbocycles. The van der Waals surface area contributed by atoms with Gasteiger partial charge < -0.3 is 10.1 Å². The van der Waals surface area contributed by atoms with Gasteiger partial charge in [-0.05, 0) is 19.1 Å². The van der Waals surface area contributed by atoms with Crippen molar-refractivity contribution in [3.63, 3.8) is 0 Å². The van der Waals surface area contributed by atoms with Crippen molar-refractivity contribution in [2.24, 2.45) is 0 Å². The minimum atomic E-state index is -1.67. The molecule has 0 aliphatic carbocycles. The maximum Gasteiger partial charge on any atom is 0.221 e. The Labute approximate surface area is 135 Å². The van der Waals surface area contributed by atoms with Crippen LogP contribution in [0.4, 0.5) is 23.2 Å². The van der Waals surface area contributed by atoms with Crippen molar-refractivity contribution in [2.75, 3.05) is 5.32 Å². The summed E-state index contributed by atoms with van der Waals surface area (Å²) in [7, 11) is 0. The van der Waals surface area contributed by atoms with Gasteiger partial charge in [-0.2, -0.15) is 8.78 Å². The van der Waals surface area contributed by atoms with Gasteiger partial charge in [0.25, 0.3) is 0 Å². The molecule has 0 saturated heterocycles. The van der Waals surface area contributed by atoms with E-state index in [0.717, 1.165) is 6.08 Å². The number of nitrogens with one attached hydrogen (secondary N) is 1. The Hall–Kier alpha value is -2.83. The maximum absolute atomic E-state index is 14.1. The van der Waals surface area contributed by atoms with Crippen LogP contribution in [0.25, 0.3) is 6.08 Å². The highest BCUT2D eigenvalue weighted by atomic mass is 19.2. The summed E-state index contributed by atoms with van der Waals surface area (Å²) in [5.74, 6) is -8.32. The van der Waals surface area contributed by atoms with E-state index in [1.165, 1.54) is 38.1 Å². The minimum Gasteiger partial charge on any atom is -0.449 e. The number of hydrogen-bond donors (Lipinski definition) is 1. The van der Waals surface area contributed by atoms with Crippen LogP contribution in [0.2, 0.25) is 0 Å². The predicted octanol–water partition coefficient (Wildman–Crippen LogP) is 5.03. The molecule has 2 rings (SSSR count). The fraction of sp³-hybridized carbons (Fsp3) is 0.118. The summed E-state index contributed by atoms with van der Waals surface area (Å²) in [6.45, 7) is 2.67. The highest BCUT2D eigenvalue weighted by Crippen LogP contribution is 2.36. The van der Waals surface area contributed by atoms with Gasteiger partial charge in [0.15, 0.2) is 17.4 Å². The summed E-state index contributed by atoms with van der Waals surface area (Å²) >= 11 is 0. The molecule has 24 heavy (non-hydrogen) atoms. The van der Waals surface area contributed by atoms with Gasteiger partial charge in [-0.25, -0.2) is 8.78 Å². The van der Waals surface area contributed by atoms with Crippen molar-refractivity contribution in [1.29, 1.82) is 0 Å². The third kappa shape index (κ3) is 3.40. The molecule has 0 aliphatic rings. The Morgan fingerprint density at radius 3 is 2.17 bits per heavy atom. The van der Waals surface area contributed by atoms with Gasteiger partial charge >= 0.3 is 0 Å². The zero-order valence-electron chi connectivity index (χ0n) is 12.8. The molecule has 1 amide bonds. The quantitative estimate of drug-likeness (QED) is 0.627. The number of ether oxygens (including phenoxy) is 1. The molecule has 0 fully saturated rings. The van der Waals surface area contributed by atoms with E-state index in [4.69, 9.17) is 4.74 Å². The van der Waals surface area contributed by atoms with Gasteiger partial charge in [-0.1, -0.05) is 24.3 Å². The van der Waals surface area contributed by atoms with E-state index in [0.29, 0.717) is 0 Å². The van der Waals surface area contributed by atoms with E-state index in [-0.39, 0.29) is 11.4 Å². The van der Waals surface area contributed by atoms with E-state index in [1.54, 1.807) is 6.07 Å². The molecule has 2 aromatic rings. The van der Waals surface area contributed by atoms with Gasteiger partial charge in [-0.3, -0.25) is 4.79 Å². The second-order valence-electron chi connectivity index (χ2n) is 4.78. The van der Waals surface area contributed by atoms with Crippen LogP contribution in [0.3, 0.4) is 0 Å². The van der Waals surface area contributed by atoms with E-state index in [9.17, 15) is 22.4 Å². The number of benzene rings is 2. The first-order valence-corrected chi connectivity index (χ1v) is 6.90. The van der Waals surface area contributed by atoms with Crippen molar-refractivity contribution in [2.45, 2.75) is 13.8 Å². The standard InChI is InChI=1S/C17H13F4NO2/c1-3-6-10-13(18)15(20)17(16(21)14(10)19)24-12-8-5-4-7-11(12)22-9(2)23/h3-8H,1-2H3,(H,22,23). The molecule has 3 nitrogen and oxygen atoms in total. The largest absolute Gasteiger partial charge is 0.449 e. The SMILES string of the molecule is CC=Cc1c(F)c(F)c(Oc2ccccc2NC(C)=O)c(F)c1F. The van der Waals surface area contributed by atoms with Crippen LogP contribution in [0, 0.1) is 23.3 Å². The lowest BCUT2D eigenvalue weighted by Gasteiger charge is -2.14. The number of hydrogen-bond acceptors (Lipinski definition) is 2. The lowest BCUT2D eigenvalue weighted by molar-refractivity contribution is -0.114. The summed E-state index contributed by atoms with van der Waals surface area (Å²) in [5.41, 5.74) is -0.739. The number of para-hydroxylation sites is 2. The van der Waals surface area contributed by atoms with Crippen LogP contribution in [-0.4, -0.2) is 5.91 Å². The van der Waals surface area contributed by atoms with E-state index < -0.39 is 40.5 Å². The average Bonchev–Trinajstić information content (AvgIpc) is 2.55. The van der Waals surface area contributed by atoms with Crippen molar-refractivity contribution >= 4 is 17.7 Å². The lowest BCUT2D eigenvalue weighted by atomic mass is 10.1. The molecule has 0 atom stereocenters. The van der Waals surface area contributed by atoms with Crippen LogP contribution < -0.4 is 10.1 Å². The number of rotatable bonds is 4. The molecule has 1 N–H and O–H groups in total. The number of carbonyl (C=O) groups excluding carboxylic acids is 1. The summed E-state index contributed by atoms with van der Waals surface area (Å²) in [5, 5.41) is 2.39. The van der Waals surface area contributed by atoms with Crippen LogP contribution in [0.5, 0.6) is 11.5 Å². The Kier molecular flexibility index (Phi) is 5.23. The van der Waals surface area contributed by atoms with Crippen LogP contribution >= 0.6 is 0 Å². The fourth-order valence-corrected chi connectivity index (χ4v) is 1.99. The number of carbonyl (C=O) groups is 1. The summed E-state index contributed by atoms with van der Waals surface area (Å²) in [4.78, 5) is 11.1. The molecular weight excluding hydrogens is 326 g/mol. The second kappa shape index (κ2) is 7.16. The molecular formula is C17H13F4NO2. The third-order valence-corrected chi connectivity index (χ3v) is 3.00. The van der Waals surface area contributed by atoms with Crippen molar-refractivity contribution < 1.29 is 27.1 Å². The molecule has 7 heteroatoms. The van der Waals surface area contributed by atoms with Crippen LogP contribution in [0.15, 0.2) is 30.3 Å². The van der Waals surface area contributed by atoms with Gasteiger partial charge in [-0.15, -0.1) is 0 Å². The van der Waals surface area contributed by atoms with Gasteiger partial charge in [0, 0.05) is 6.92 Å². The van der Waals surface area contributed by atoms with E-state index >= 15 is 0 Å². The number of amides is 1. The lowest BCUT2D eigenvalue weighted by Crippen LogP contribution is -2.08. The molecule has 126 valence electrons. The highest BCUT2D eigenvalue weighted by molar-refractivity contribution is 5.90. The van der Waals surface area contributed by atoms with Crippen molar-refractivity contribution in [3.05, 3.63) is 59.2 Å². The predicted molar refractivity (Wildman–Crippen MR) is 81.8 cm³/mol. The molecule has 0 unspecified atom stereocenters. The van der Waals surface area contributed by atoms with Gasteiger partial charge in [0.1, 0.15) is 0 Å². The molecule has 0 bridgehead atoms. The maximum atomic E-state index is 14.1. The zero-order chi connectivity index (χ0) is 17.9. The van der Waals surface area contributed by atoms with Gasteiger partial charge in [0.05, 0.1) is 11.3 Å². The molecule has 0 spiro atoms. The molecule has 0 aliphatic heterocycles. The molecule has 0 radical (unpaired) electrons. The van der Waals surface area contributed by atoms with E-state index in [2.05, 4.69) is 5.32 Å². The molecule has 0 heterocycles. The Balaban J connectivity index is 2.54. The first kappa shape index (κ1) is 17.5. The normalized spacial score (nSPS) is 10.9. The fourth-order valence-electron chi connectivity index (χ4n) is 1.99. The zero-order valence-corrected chi connectivity index (χ0v) is 12.8. The Bertz CT molecular complexity index is 789. The molecule has 0 saturated carbocycles. The number of allylic oxidation sites excluding steroid dienone is 1. The molecule has 0 aromatic heterocycles. The second-order valence-corrected chi connectivity index (χ2v) is 4.78. The number of anilines is 1. The van der Waals surface area contributed by atoms with Crippen LogP contribution in [0.1, 0.15) is 19.4 Å². The Morgan fingerprint density at radius 1 is 1.04 bits per heavy atom. The van der Waals surface area contributed by atoms with Gasteiger partial charge in [0.2, 0.25) is 23.3 Å². The average molecular weight is 339 g/mol. The topological polar surface area (TPSA) is 38.3 Å². The summed E-state index contributed by atoms with van der Waals surface area (Å²) in [6, 6.07) is 5.71. The van der Waals surface area contributed by atoms with Crippen molar-refractivity contribution in [3.8, 4) is 11.5 Å². The van der Waals surface area contributed by atoms with Crippen LogP contribution in [-0.2, 0) is 4.79 Å². The van der Waals surface area contributed by atoms with Crippen molar-refractivity contribution in [1.82, 2.24) is 0 Å². The minimum absolute atomic E-state index is 0.0992. The third-order valence-electron chi connectivity index (χ3n) is 3.00. The summed E-state index contributed by atoms with van der Waals surface area (Å²) in [6.07, 6.45) is 2.15. The number of halogens is 4. The Morgan fingerprint density at radius 2 is 1.62 bits per heavy atom. The highest BCUT2D eigenvalue weighted by Gasteiger charge is 2.26.